The van der Waals surface area contributed by atoms with Gasteiger partial charge >= 0.3 is 9.28 Å². The second-order valence-electron chi connectivity index (χ2n) is 5.35. The minimum atomic E-state index is -1.81. The first-order valence-corrected chi connectivity index (χ1v) is 9.59. The van der Waals surface area contributed by atoms with Crippen LogP contribution in [0.5, 0.6) is 0 Å². The third kappa shape index (κ3) is 4.66. The van der Waals surface area contributed by atoms with Gasteiger partial charge in [-0.2, -0.15) is 0 Å². The summed E-state index contributed by atoms with van der Waals surface area (Å²) in [6.07, 6.45) is 4.52. The molecule has 0 aromatic heterocycles. The third-order valence-corrected chi connectivity index (χ3v) is 5.70. The summed E-state index contributed by atoms with van der Waals surface area (Å²) in [5.74, 6) is 0. The van der Waals surface area contributed by atoms with Gasteiger partial charge in [0, 0.05) is 13.2 Å². The van der Waals surface area contributed by atoms with Crippen molar-refractivity contribution in [3.63, 3.8) is 0 Å². The lowest BCUT2D eigenvalue weighted by Crippen LogP contribution is -2.38. The lowest BCUT2D eigenvalue weighted by atomic mass is 10.1. The maximum Gasteiger partial charge on any atom is 0.356 e. The Morgan fingerprint density at radius 1 is 0.810 bits per heavy atom. The summed E-state index contributed by atoms with van der Waals surface area (Å²) in [7, 11) is -1.81. The van der Waals surface area contributed by atoms with E-state index in [4.69, 9.17) is 8.85 Å². The van der Waals surface area contributed by atoms with Gasteiger partial charge in [0.15, 0.2) is 0 Å². The molecule has 3 heteroatoms. The number of fused-ring (bicyclic) bond motifs is 1. The normalized spacial score (nSPS) is 11.4. The van der Waals surface area contributed by atoms with Crippen molar-refractivity contribution in [3.8, 4) is 0 Å². The summed E-state index contributed by atoms with van der Waals surface area (Å²) in [6, 6.07) is 15.0. The predicted octanol–water partition coefficient (Wildman–Crippen LogP) is 3.90. The van der Waals surface area contributed by atoms with Crippen LogP contribution in [0.2, 0.25) is 0 Å². The summed E-state index contributed by atoms with van der Waals surface area (Å²) in [5.41, 5.74) is 0. The van der Waals surface area contributed by atoms with Gasteiger partial charge in [0.25, 0.3) is 0 Å². The van der Waals surface area contributed by atoms with Crippen molar-refractivity contribution in [1.29, 1.82) is 0 Å². The van der Waals surface area contributed by atoms with Gasteiger partial charge in [-0.3, -0.25) is 0 Å². The Balaban J connectivity index is 2.19. The van der Waals surface area contributed by atoms with E-state index < -0.39 is 9.28 Å². The molecule has 0 fully saturated rings. The van der Waals surface area contributed by atoms with E-state index in [0.717, 1.165) is 38.9 Å². The van der Waals surface area contributed by atoms with Crippen molar-refractivity contribution >= 4 is 25.2 Å². The topological polar surface area (TPSA) is 18.5 Å². The van der Waals surface area contributed by atoms with Gasteiger partial charge in [-0.05, 0) is 28.8 Å². The van der Waals surface area contributed by atoms with Crippen LogP contribution in [0, 0.1) is 0 Å². The molecule has 21 heavy (non-hydrogen) atoms. The SMILES string of the molecule is CCCCO[SiH](OCCCC)c1cccc2ccccc12. The molecule has 0 unspecified atom stereocenters. The van der Waals surface area contributed by atoms with E-state index in [2.05, 4.69) is 56.3 Å². The van der Waals surface area contributed by atoms with Gasteiger partial charge in [-0.15, -0.1) is 0 Å². The number of benzene rings is 2. The average Bonchev–Trinajstić information content (AvgIpc) is 2.53. The Morgan fingerprint density at radius 3 is 2.10 bits per heavy atom. The minimum absolute atomic E-state index is 0.808. The number of hydrogen-bond donors (Lipinski definition) is 0. The molecule has 0 radical (unpaired) electrons. The van der Waals surface area contributed by atoms with Crippen LogP contribution in [0.3, 0.4) is 0 Å². The third-order valence-electron chi connectivity index (χ3n) is 3.61. The first-order valence-electron chi connectivity index (χ1n) is 8.07. The van der Waals surface area contributed by atoms with Crippen LogP contribution in [0.25, 0.3) is 10.8 Å². The number of unbranched alkanes of at least 4 members (excludes halogenated alkanes) is 2. The Morgan fingerprint density at radius 2 is 1.43 bits per heavy atom. The summed E-state index contributed by atoms with van der Waals surface area (Å²) in [6.45, 7) is 6.00. The molecule has 0 amide bonds. The molecule has 0 saturated carbocycles. The van der Waals surface area contributed by atoms with E-state index in [9.17, 15) is 0 Å². The van der Waals surface area contributed by atoms with Crippen LogP contribution in [-0.4, -0.2) is 22.5 Å². The molecule has 2 nitrogen and oxygen atoms in total. The highest BCUT2D eigenvalue weighted by Crippen LogP contribution is 2.13. The van der Waals surface area contributed by atoms with Gasteiger partial charge in [-0.25, -0.2) is 0 Å². The Kier molecular flexibility index (Phi) is 6.93. The number of hydrogen-bond acceptors (Lipinski definition) is 2. The van der Waals surface area contributed by atoms with E-state index in [-0.39, 0.29) is 0 Å². The van der Waals surface area contributed by atoms with Crippen LogP contribution >= 0.6 is 0 Å². The van der Waals surface area contributed by atoms with Gasteiger partial charge in [0.2, 0.25) is 0 Å². The van der Waals surface area contributed by atoms with Gasteiger partial charge in [0.1, 0.15) is 0 Å². The molecule has 0 spiro atoms. The maximum absolute atomic E-state index is 6.14. The summed E-state index contributed by atoms with van der Waals surface area (Å²) in [4.78, 5) is 0. The van der Waals surface area contributed by atoms with Crippen LogP contribution < -0.4 is 5.19 Å². The Hall–Kier alpha value is -1.16. The molecule has 0 atom stereocenters. The molecule has 0 aliphatic rings. The van der Waals surface area contributed by atoms with Gasteiger partial charge in [0.05, 0.1) is 0 Å². The molecule has 0 saturated heterocycles. The minimum Gasteiger partial charge on any atom is -0.393 e. The second kappa shape index (κ2) is 8.98. The molecule has 2 rings (SSSR count). The van der Waals surface area contributed by atoms with E-state index in [1.54, 1.807) is 0 Å². The molecule has 0 aliphatic carbocycles. The zero-order valence-electron chi connectivity index (χ0n) is 13.2. The fourth-order valence-corrected chi connectivity index (χ4v) is 4.35. The zero-order valence-corrected chi connectivity index (χ0v) is 14.3. The smallest absolute Gasteiger partial charge is 0.356 e. The van der Waals surface area contributed by atoms with Crippen molar-refractivity contribution < 1.29 is 8.85 Å². The lowest BCUT2D eigenvalue weighted by Gasteiger charge is -2.18. The van der Waals surface area contributed by atoms with E-state index >= 15 is 0 Å². The fraction of sp³-hybridized carbons (Fsp3) is 0.444. The van der Waals surface area contributed by atoms with Crippen LogP contribution in [0.15, 0.2) is 42.5 Å². The largest absolute Gasteiger partial charge is 0.393 e. The molecule has 0 bridgehead atoms. The molecular formula is C18H26O2Si. The first kappa shape index (κ1) is 16.2. The standard InChI is InChI=1S/C18H26O2Si/c1-3-5-14-19-21(20-15-6-4-2)18-13-9-11-16-10-7-8-12-17(16)18/h7-13,21H,3-6,14-15H2,1-2H3. The van der Waals surface area contributed by atoms with Crippen LogP contribution in [-0.2, 0) is 8.85 Å². The van der Waals surface area contributed by atoms with Crippen molar-refractivity contribution in [2.75, 3.05) is 13.2 Å². The Labute approximate surface area is 129 Å². The molecule has 2 aromatic rings. The van der Waals surface area contributed by atoms with E-state index in [0.29, 0.717) is 0 Å². The van der Waals surface area contributed by atoms with Crippen LogP contribution in [0.4, 0.5) is 0 Å². The summed E-state index contributed by atoms with van der Waals surface area (Å²) in [5, 5.41) is 3.83. The van der Waals surface area contributed by atoms with Crippen molar-refractivity contribution in [3.05, 3.63) is 42.5 Å². The quantitative estimate of drug-likeness (QED) is 0.516. The van der Waals surface area contributed by atoms with E-state index in [1.807, 2.05) is 0 Å². The highest BCUT2D eigenvalue weighted by molar-refractivity contribution is 6.64. The Bertz CT molecular complexity index is 526. The zero-order chi connectivity index (χ0) is 14.9. The monoisotopic (exact) mass is 302 g/mol. The van der Waals surface area contributed by atoms with E-state index in [1.165, 1.54) is 16.0 Å². The number of rotatable bonds is 9. The average molecular weight is 302 g/mol. The second-order valence-corrected chi connectivity index (χ2v) is 7.30. The lowest BCUT2D eigenvalue weighted by molar-refractivity contribution is 0.202. The molecular weight excluding hydrogens is 276 g/mol. The molecule has 0 N–H and O–H groups in total. The molecule has 2 aromatic carbocycles. The highest BCUT2D eigenvalue weighted by Gasteiger charge is 2.18. The summed E-state index contributed by atoms with van der Waals surface area (Å²) >= 11 is 0. The highest BCUT2D eigenvalue weighted by atomic mass is 28.3. The van der Waals surface area contributed by atoms with Crippen molar-refractivity contribution in [1.82, 2.24) is 0 Å². The van der Waals surface area contributed by atoms with Crippen molar-refractivity contribution in [2.24, 2.45) is 0 Å². The maximum atomic E-state index is 6.14. The summed E-state index contributed by atoms with van der Waals surface area (Å²) < 4.78 is 12.3. The molecule has 0 aliphatic heterocycles. The van der Waals surface area contributed by atoms with Gasteiger partial charge in [-0.1, -0.05) is 69.2 Å². The predicted molar refractivity (Wildman–Crippen MR) is 92.5 cm³/mol. The molecule has 114 valence electrons. The fourth-order valence-electron chi connectivity index (χ4n) is 2.35. The molecule has 0 heterocycles. The van der Waals surface area contributed by atoms with Gasteiger partial charge < -0.3 is 8.85 Å². The first-order chi connectivity index (χ1) is 10.4. The van der Waals surface area contributed by atoms with Crippen LogP contribution in [0.1, 0.15) is 39.5 Å². The van der Waals surface area contributed by atoms with Crippen molar-refractivity contribution in [2.45, 2.75) is 39.5 Å².